The molecule has 2 aliphatic rings. The molecule has 8 heteroatoms. The van der Waals surface area contributed by atoms with Crippen LogP contribution in [0.2, 0.25) is 0 Å². The summed E-state index contributed by atoms with van der Waals surface area (Å²) in [7, 11) is -3.69. The van der Waals surface area contributed by atoms with Crippen molar-refractivity contribution in [3.8, 4) is 0 Å². The summed E-state index contributed by atoms with van der Waals surface area (Å²) in [5.74, 6) is 0.0270. The zero-order chi connectivity index (χ0) is 18.0. The van der Waals surface area contributed by atoms with Crippen LogP contribution in [0.25, 0.3) is 0 Å². The molecule has 1 aliphatic carbocycles. The van der Waals surface area contributed by atoms with E-state index in [2.05, 4.69) is 5.32 Å². The molecule has 0 aromatic heterocycles. The number of benzene rings is 1. The number of amides is 1. The molecule has 1 aliphatic heterocycles. The molecule has 0 spiro atoms. The van der Waals surface area contributed by atoms with Crippen LogP contribution in [-0.2, 0) is 14.8 Å². The highest BCUT2D eigenvalue weighted by Gasteiger charge is 2.31. The van der Waals surface area contributed by atoms with Crippen molar-refractivity contribution in [2.24, 2.45) is 5.92 Å². The van der Waals surface area contributed by atoms with Crippen LogP contribution >= 0.6 is 0 Å². The topological polar surface area (TPSA) is 69.7 Å². The fraction of sp³-hybridized carbons (Fsp3) is 0.588. The number of piperazine rings is 1. The molecule has 1 amide bonds. The van der Waals surface area contributed by atoms with Gasteiger partial charge in [0.1, 0.15) is 5.82 Å². The molecule has 0 radical (unpaired) electrons. The average Bonchev–Trinajstić information content (AvgIpc) is 3.40. The minimum atomic E-state index is -3.69. The molecule has 1 aromatic carbocycles. The lowest BCUT2D eigenvalue weighted by Gasteiger charge is -2.33. The number of nitrogens with one attached hydrogen (secondary N) is 1. The Morgan fingerprint density at radius 1 is 1.28 bits per heavy atom. The Labute approximate surface area is 148 Å². The number of carbonyl (C=O) groups excluding carboxylic acids is 1. The van der Waals surface area contributed by atoms with E-state index in [9.17, 15) is 17.6 Å². The van der Waals surface area contributed by atoms with Crippen molar-refractivity contribution in [2.45, 2.75) is 30.7 Å². The smallest absolute Gasteiger partial charge is 0.243 e. The predicted molar refractivity (Wildman–Crippen MR) is 91.9 cm³/mol. The Hall–Kier alpha value is -1.51. The third-order valence-electron chi connectivity index (χ3n) is 4.85. The van der Waals surface area contributed by atoms with Crippen LogP contribution in [0.1, 0.15) is 19.8 Å². The Bertz CT molecular complexity index is 728. The maximum Gasteiger partial charge on any atom is 0.243 e. The van der Waals surface area contributed by atoms with Crippen LogP contribution in [0.4, 0.5) is 4.39 Å². The van der Waals surface area contributed by atoms with E-state index in [1.807, 2.05) is 11.8 Å². The molecule has 6 nitrogen and oxygen atoms in total. The Kier molecular flexibility index (Phi) is 5.41. The SMILES string of the molecule is C[C@@H](NC(=O)CN1CCN(S(=O)(=O)c2cccc(F)c2)CC1)C1CC1. The van der Waals surface area contributed by atoms with Crippen molar-refractivity contribution in [3.05, 3.63) is 30.1 Å². The van der Waals surface area contributed by atoms with Gasteiger partial charge in [-0.2, -0.15) is 4.31 Å². The van der Waals surface area contributed by atoms with Gasteiger partial charge >= 0.3 is 0 Å². The minimum Gasteiger partial charge on any atom is -0.352 e. The van der Waals surface area contributed by atoms with Crippen LogP contribution in [-0.4, -0.2) is 62.3 Å². The molecule has 1 saturated carbocycles. The van der Waals surface area contributed by atoms with Crippen LogP contribution in [0, 0.1) is 11.7 Å². The van der Waals surface area contributed by atoms with Crippen molar-refractivity contribution >= 4 is 15.9 Å². The molecule has 2 fully saturated rings. The third kappa shape index (κ3) is 4.56. The van der Waals surface area contributed by atoms with Gasteiger partial charge in [-0.3, -0.25) is 9.69 Å². The van der Waals surface area contributed by atoms with Gasteiger partial charge in [-0.15, -0.1) is 0 Å². The molecule has 0 unspecified atom stereocenters. The van der Waals surface area contributed by atoms with Gasteiger partial charge in [0.25, 0.3) is 0 Å². The van der Waals surface area contributed by atoms with Gasteiger partial charge in [-0.05, 0) is 43.9 Å². The second-order valence-electron chi connectivity index (χ2n) is 6.83. The predicted octanol–water partition coefficient (Wildman–Crippen LogP) is 1.05. The monoisotopic (exact) mass is 369 g/mol. The fourth-order valence-electron chi connectivity index (χ4n) is 3.12. The van der Waals surface area contributed by atoms with E-state index in [1.165, 1.54) is 35.3 Å². The first kappa shape index (κ1) is 18.3. The number of halogens is 1. The zero-order valence-electron chi connectivity index (χ0n) is 14.3. The molecular weight excluding hydrogens is 345 g/mol. The minimum absolute atomic E-state index is 0.0131. The quantitative estimate of drug-likeness (QED) is 0.814. The Balaban J connectivity index is 1.52. The van der Waals surface area contributed by atoms with E-state index in [4.69, 9.17) is 0 Å². The van der Waals surface area contributed by atoms with Gasteiger partial charge in [0.2, 0.25) is 15.9 Å². The molecule has 1 saturated heterocycles. The number of sulfonamides is 1. The van der Waals surface area contributed by atoms with Gasteiger partial charge in [-0.25, -0.2) is 12.8 Å². The maximum atomic E-state index is 13.3. The van der Waals surface area contributed by atoms with Crippen molar-refractivity contribution in [1.29, 1.82) is 0 Å². The number of nitrogens with zero attached hydrogens (tertiary/aromatic N) is 2. The first-order valence-corrected chi connectivity index (χ1v) is 10.1. The second kappa shape index (κ2) is 7.39. The van der Waals surface area contributed by atoms with Gasteiger partial charge < -0.3 is 5.32 Å². The summed E-state index contributed by atoms with van der Waals surface area (Å²) in [4.78, 5) is 14.0. The largest absolute Gasteiger partial charge is 0.352 e. The summed E-state index contributed by atoms with van der Waals surface area (Å²) < 4.78 is 39.8. The lowest BCUT2D eigenvalue weighted by molar-refractivity contribution is -0.123. The molecule has 1 atom stereocenters. The van der Waals surface area contributed by atoms with E-state index >= 15 is 0 Å². The van der Waals surface area contributed by atoms with Gasteiger partial charge in [0, 0.05) is 32.2 Å². The highest BCUT2D eigenvalue weighted by molar-refractivity contribution is 7.89. The summed E-state index contributed by atoms with van der Waals surface area (Å²) in [6.07, 6.45) is 2.36. The van der Waals surface area contributed by atoms with E-state index in [0.717, 1.165) is 6.07 Å². The molecule has 138 valence electrons. The molecule has 25 heavy (non-hydrogen) atoms. The Morgan fingerprint density at radius 3 is 2.56 bits per heavy atom. The number of carbonyl (C=O) groups is 1. The highest BCUT2D eigenvalue weighted by Crippen LogP contribution is 2.32. The summed E-state index contributed by atoms with van der Waals surface area (Å²) in [6.45, 7) is 3.87. The fourth-order valence-corrected chi connectivity index (χ4v) is 4.58. The van der Waals surface area contributed by atoms with Crippen LogP contribution in [0.3, 0.4) is 0 Å². The van der Waals surface area contributed by atoms with Crippen molar-refractivity contribution in [3.63, 3.8) is 0 Å². The number of hydrogen-bond acceptors (Lipinski definition) is 4. The van der Waals surface area contributed by atoms with Gasteiger partial charge in [-0.1, -0.05) is 6.07 Å². The zero-order valence-corrected chi connectivity index (χ0v) is 15.1. The number of rotatable bonds is 6. The molecule has 3 rings (SSSR count). The molecule has 1 N–H and O–H groups in total. The van der Waals surface area contributed by atoms with Gasteiger partial charge in [0.15, 0.2) is 0 Å². The van der Waals surface area contributed by atoms with Crippen molar-refractivity contribution in [1.82, 2.24) is 14.5 Å². The first-order chi connectivity index (χ1) is 11.9. The summed E-state index contributed by atoms with van der Waals surface area (Å²) in [5, 5.41) is 3.01. The lowest BCUT2D eigenvalue weighted by Crippen LogP contribution is -2.51. The molecule has 1 heterocycles. The third-order valence-corrected chi connectivity index (χ3v) is 6.74. The lowest BCUT2D eigenvalue weighted by atomic mass is 10.2. The highest BCUT2D eigenvalue weighted by atomic mass is 32.2. The van der Waals surface area contributed by atoms with E-state index in [-0.39, 0.29) is 23.4 Å². The van der Waals surface area contributed by atoms with Crippen LogP contribution in [0.5, 0.6) is 0 Å². The molecular formula is C17H24FN3O3S. The normalized spacial score (nSPS) is 21.0. The molecule has 0 bridgehead atoms. The van der Waals surface area contributed by atoms with Crippen molar-refractivity contribution in [2.75, 3.05) is 32.7 Å². The number of hydrogen-bond donors (Lipinski definition) is 1. The Morgan fingerprint density at radius 2 is 1.96 bits per heavy atom. The first-order valence-electron chi connectivity index (χ1n) is 8.64. The molecule has 1 aromatic rings. The average molecular weight is 369 g/mol. The van der Waals surface area contributed by atoms with E-state index in [1.54, 1.807) is 0 Å². The maximum absolute atomic E-state index is 13.3. The van der Waals surface area contributed by atoms with E-state index < -0.39 is 15.8 Å². The summed E-state index contributed by atoms with van der Waals surface area (Å²) >= 11 is 0. The van der Waals surface area contributed by atoms with E-state index in [0.29, 0.717) is 32.1 Å². The van der Waals surface area contributed by atoms with Crippen molar-refractivity contribution < 1.29 is 17.6 Å². The standard InChI is InChI=1S/C17H24FN3O3S/c1-13(14-5-6-14)19-17(22)12-20-7-9-21(10-8-20)25(23,24)16-4-2-3-15(18)11-16/h2-4,11,13-14H,5-10,12H2,1H3,(H,19,22)/t13-/m1/s1. The second-order valence-corrected chi connectivity index (χ2v) is 8.77. The van der Waals surface area contributed by atoms with Crippen LogP contribution < -0.4 is 5.32 Å². The summed E-state index contributed by atoms with van der Waals surface area (Å²) in [6, 6.07) is 5.26. The van der Waals surface area contributed by atoms with Crippen LogP contribution in [0.15, 0.2) is 29.2 Å². The summed E-state index contributed by atoms with van der Waals surface area (Å²) in [5.41, 5.74) is 0. The van der Waals surface area contributed by atoms with Gasteiger partial charge in [0.05, 0.1) is 11.4 Å².